The number of ether oxygens (including phenoxy) is 2. The summed E-state index contributed by atoms with van der Waals surface area (Å²) in [4.78, 5) is 12.5. The normalized spacial score (nSPS) is 27.3. The van der Waals surface area contributed by atoms with Gasteiger partial charge in [-0.25, -0.2) is 0 Å². The predicted octanol–water partition coefficient (Wildman–Crippen LogP) is 1.37. The second-order valence-electron chi connectivity index (χ2n) is 9.14. The van der Waals surface area contributed by atoms with E-state index in [4.69, 9.17) is 9.47 Å². The topological polar surface area (TPSA) is 149 Å². The largest absolute Gasteiger partial charge is 0.394 e. The maximum atomic E-state index is 12.5. The standard InChI is InChI=1S/C24H47NO8/c1-3-5-7-8-9-10-12-14-20(28)25-17(18(27)13-11-6-4-2)16-32-24-23(31)22(30)21(29)19(15-26)33-24/h17-19,21-24,26-27,29-31H,3-16H2,1-2H3,(H,25,28). The average Bonchev–Trinajstić information content (AvgIpc) is 2.80. The summed E-state index contributed by atoms with van der Waals surface area (Å²) in [5, 5.41) is 52.8. The van der Waals surface area contributed by atoms with Crippen LogP contribution in [0.2, 0.25) is 0 Å². The highest BCUT2D eigenvalue weighted by molar-refractivity contribution is 5.76. The van der Waals surface area contributed by atoms with Crippen molar-refractivity contribution in [1.29, 1.82) is 0 Å². The van der Waals surface area contributed by atoms with Gasteiger partial charge in [-0.15, -0.1) is 0 Å². The molecule has 6 N–H and O–H groups in total. The maximum Gasteiger partial charge on any atom is 0.220 e. The van der Waals surface area contributed by atoms with Gasteiger partial charge in [0, 0.05) is 6.42 Å². The molecule has 9 heteroatoms. The molecule has 0 bridgehead atoms. The summed E-state index contributed by atoms with van der Waals surface area (Å²) >= 11 is 0. The van der Waals surface area contributed by atoms with Gasteiger partial charge in [0.25, 0.3) is 0 Å². The Morgan fingerprint density at radius 2 is 1.52 bits per heavy atom. The van der Waals surface area contributed by atoms with E-state index in [1.807, 2.05) is 0 Å². The molecule has 7 unspecified atom stereocenters. The summed E-state index contributed by atoms with van der Waals surface area (Å²) in [6.45, 7) is 3.55. The third kappa shape index (κ3) is 11.4. The van der Waals surface area contributed by atoms with Gasteiger partial charge < -0.3 is 40.3 Å². The molecule has 0 saturated carbocycles. The highest BCUT2D eigenvalue weighted by atomic mass is 16.7. The van der Waals surface area contributed by atoms with Crippen molar-refractivity contribution in [2.24, 2.45) is 0 Å². The van der Waals surface area contributed by atoms with Crippen molar-refractivity contribution in [2.45, 2.75) is 134 Å². The van der Waals surface area contributed by atoms with Gasteiger partial charge in [0.1, 0.15) is 24.4 Å². The molecular weight excluding hydrogens is 430 g/mol. The average molecular weight is 478 g/mol. The fourth-order valence-corrected chi connectivity index (χ4v) is 3.98. The first kappa shape index (κ1) is 30.2. The molecule has 0 aliphatic carbocycles. The van der Waals surface area contributed by atoms with Crippen LogP contribution in [-0.2, 0) is 14.3 Å². The first-order chi connectivity index (χ1) is 15.8. The predicted molar refractivity (Wildman–Crippen MR) is 124 cm³/mol. The molecule has 0 radical (unpaired) electrons. The van der Waals surface area contributed by atoms with Crippen molar-refractivity contribution in [3.05, 3.63) is 0 Å². The summed E-state index contributed by atoms with van der Waals surface area (Å²) in [6, 6.07) is -0.703. The Morgan fingerprint density at radius 1 is 0.909 bits per heavy atom. The first-order valence-corrected chi connectivity index (χ1v) is 12.7. The Bertz CT molecular complexity index is 507. The van der Waals surface area contributed by atoms with E-state index < -0.39 is 49.5 Å². The van der Waals surface area contributed by atoms with Gasteiger partial charge >= 0.3 is 0 Å². The number of carbonyl (C=O) groups is 1. The van der Waals surface area contributed by atoms with Crippen LogP contribution in [-0.4, -0.2) is 87.5 Å². The van der Waals surface area contributed by atoms with Crippen LogP contribution in [0.5, 0.6) is 0 Å². The van der Waals surface area contributed by atoms with Crippen molar-refractivity contribution in [3.8, 4) is 0 Å². The number of unbranched alkanes of at least 4 members (excludes halogenated alkanes) is 8. The van der Waals surface area contributed by atoms with Crippen molar-refractivity contribution >= 4 is 5.91 Å². The summed E-state index contributed by atoms with van der Waals surface area (Å²) in [5.41, 5.74) is 0. The van der Waals surface area contributed by atoms with Gasteiger partial charge in [0.2, 0.25) is 5.91 Å². The van der Waals surface area contributed by atoms with E-state index in [9.17, 15) is 30.3 Å². The molecule has 0 aromatic rings. The zero-order valence-electron chi connectivity index (χ0n) is 20.4. The third-order valence-electron chi connectivity index (χ3n) is 6.21. The number of aliphatic hydroxyl groups is 5. The molecule has 1 rings (SSSR count). The first-order valence-electron chi connectivity index (χ1n) is 12.7. The van der Waals surface area contributed by atoms with Crippen LogP contribution in [0.25, 0.3) is 0 Å². The Balaban J connectivity index is 2.56. The Labute approximate surface area is 198 Å². The minimum Gasteiger partial charge on any atom is -0.394 e. The zero-order valence-corrected chi connectivity index (χ0v) is 20.4. The number of aliphatic hydroxyl groups excluding tert-OH is 5. The minimum atomic E-state index is -1.54. The van der Waals surface area contributed by atoms with Gasteiger partial charge in [0.05, 0.1) is 25.4 Å². The maximum absolute atomic E-state index is 12.5. The molecule has 9 nitrogen and oxygen atoms in total. The van der Waals surface area contributed by atoms with Crippen LogP contribution in [0, 0.1) is 0 Å². The smallest absolute Gasteiger partial charge is 0.220 e. The van der Waals surface area contributed by atoms with Crippen molar-refractivity contribution in [1.82, 2.24) is 5.32 Å². The van der Waals surface area contributed by atoms with Crippen LogP contribution >= 0.6 is 0 Å². The summed E-state index contributed by atoms with van der Waals surface area (Å²) < 4.78 is 10.9. The Morgan fingerprint density at radius 3 is 2.15 bits per heavy atom. The molecular formula is C24H47NO8. The number of amides is 1. The van der Waals surface area contributed by atoms with Crippen molar-refractivity contribution in [3.63, 3.8) is 0 Å². The van der Waals surface area contributed by atoms with E-state index in [0.717, 1.165) is 38.5 Å². The molecule has 33 heavy (non-hydrogen) atoms. The van der Waals surface area contributed by atoms with E-state index in [0.29, 0.717) is 12.8 Å². The fourth-order valence-electron chi connectivity index (χ4n) is 3.98. The van der Waals surface area contributed by atoms with E-state index in [1.54, 1.807) is 0 Å². The van der Waals surface area contributed by atoms with E-state index in [1.165, 1.54) is 25.7 Å². The Hall–Kier alpha value is -0.810. The summed E-state index contributed by atoms with van der Waals surface area (Å²) in [6.07, 6.45) is 3.62. The van der Waals surface area contributed by atoms with Crippen LogP contribution in [0.15, 0.2) is 0 Å². The molecule has 1 aliphatic rings. The molecule has 1 saturated heterocycles. The quantitative estimate of drug-likeness (QED) is 0.162. The van der Waals surface area contributed by atoms with Gasteiger partial charge in [-0.05, 0) is 12.8 Å². The lowest BCUT2D eigenvalue weighted by atomic mass is 9.99. The van der Waals surface area contributed by atoms with E-state index in [-0.39, 0.29) is 12.5 Å². The highest BCUT2D eigenvalue weighted by Gasteiger charge is 2.44. The lowest BCUT2D eigenvalue weighted by Gasteiger charge is -2.40. The van der Waals surface area contributed by atoms with E-state index >= 15 is 0 Å². The number of carbonyl (C=O) groups excluding carboxylic acids is 1. The zero-order chi connectivity index (χ0) is 24.6. The molecule has 0 aromatic carbocycles. The number of rotatable bonds is 18. The van der Waals surface area contributed by atoms with Crippen LogP contribution in [0.4, 0.5) is 0 Å². The minimum absolute atomic E-state index is 0.140. The second-order valence-corrected chi connectivity index (χ2v) is 9.14. The fraction of sp³-hybridized carbons (Fsp3) is 0.958. The molecule has 196 valence electrons. The number of hydrogen-bond acceptors (Lipinski definition) is 8. The SMILES string of the molecule is CCCCCCCCCC(=O)NC(COC1OC(CO)C(O)C(O)C1O)C(O)CCCCC. The molecule has 1 heterocycles. The van der Waals surface area contributed by atoms with Gasteiger partial charge in [-0.3, -0.25) is 4.79 Å². The molecule has 7 atom stereocenters. The summed E-state index contributed by atoms with van der Waals surface area (Å²) in [5.74, 6) is -0.166. The Kier molecular flexibility index (Phi) is 16.1. The van der Waals surface area contributed by atoms with Gasteiger partial charge in [-0.2, -0.15) is 0 Å². The molecule has 1 fully saturated rings. The van der Waals surface area contributed by atoms with Crippen LogP contribution < -0.4 is 5.32 Å². The highest BCUT2D eigenvalue weighted by Crippen LogP contribution is 2.22. The van der Waals surface area contributed by atoms with Gasteiger partial charge in [0.15, 0.2) is 6.29 Å². The van der Waals surface area contributed by atoms with Gasteiger partial charge in [-0.1, -0.05) is 71.6 Å². The lowest BCUT2D eigenvalue weighted by molar-refractivity contribution is -0.302. The molecule has 0 aromatic heterocycles. The molecule has 1 amide bonds. The van der Waals surface area contributed by atoms with Crippen molar-refractivity contribution in [2.75, 3.05) is 13.2 Å². The molecule has 0 spiro atoms. The summed E-state index contributed by atoms with van der Waals surface area (Å²) in [7, 11) is 0. The lowest BCUT2D eigenvalue weighted by Crippen LogP contribution is -2.60. The monoisotopic (exact) mass is 477 g/mol. The van der Waals surface area contributed by atoms with Crippen molar-refractivity contribution < 1.29 is 39.8 Å². The van der Waals surface area contributed by atoms with Crippen LogP contribution in [0.3, 0.4) is 0 Å². The third-order valence-corrected chi connectivity index (χ3v) is 6.21. The number of hydrogen-bond donors (Lipinski definition) is 6. The molecule has 1 aliphatic heterocycles. The van der Waals surface area contributed by atoms with E-state index in [2.05, 4.69) is 19.2 Å². The second kappa shape index (κ2) is 17.6. The number of nitrogens with one attached hydrogen (secondary N) is 1. The van der Waals surface area contributed by atoms with Crippen LogP contribution in [0.1, 0.15) is 90.9 Å².